The Morgan fingerprint density at radius 3 is 2.71 bits per heavy atom. The number of carboxylic acids is 1. The third-order valence-electron chi connectivity index (χ3n) is 3.33. The number of hydrogen-bond donors (Lipinski definition) is 1. The highest BCUT2D eigenvalue weighted by atomic mass is 32.2. The molecule has 0 saturated carbocycles. The van der Waals surface area contributed by atoms with E-state index in [4.69, 9.17) is 0 Å². The fourth-order valence-corrected chi connectivity index (χ4v) is 3.22. The Labute approximate surface area is 129 Å². The van der Waals surface area contributed by atoms with E-state index in [1.807, 2.05) is 48.5 Å². The number of rotatable bonds is 7. The second-order valence-corrected chi connectivity index (χ2v) is 6.05. The molecule has 2 aromatic carbocycles. The van der Waals surface area contributed by atoms with Gasteiger partial charge >= 0.3 is 5.97 Å². The Balaban J connectivity index is 2.25. The molecule has 2 rings (SSSR count). The van der Waals surface area contributed by atoms with Gasteiger partial charge in [0.25, 0.3) is 0 Å². The van der Waals surface area contributed by atoms with Gasteiger partial charge in [0.05, 0.1) is 0 Å². The normalized spacial score (nSPS) is 11.8. The summed E-state index contributed by atoms with van der Waals surface area (Å²) in [6.07, 6.45) is 4.08. The summed E-state index contributed by atoms with van der Waals surface area (Å²) in [5, 5.41) is 11.6. The van der Waals surface area contributed by atoms with E-state index in [0.29, 0.717) is 11.3 Å². The molecule has 0 aliphatic carbocycles. The molecule has 21 heavy (non-hydrogen) atoms. The van der Waals surface area contributed by atoms with Gasteiger partial charge in [0.15, 0.2) is 0 Å². The fraction of sp³-hybridized carbons (Fsp3) is 0.278. The molecule has 0 saturated heterocycles. The van der Waals surface area contributed by atoms with Crippen LogP contribution in [0.15, 0.2) is 48.0 Å². The molecule has 0 unspecified atom stereocenters. The molecule has 0 aliphatic heterocycles. The lowest BCUT2D eigenvalue weighted by Gasteiger charge is -2.05. The van der Waals surface area contributed by atoms with Crippen LogP contribution >= 0.6 is 11.8 Å². The zero-order chi connectivity index (χ0) is 15.1. The van der Waals surface area contributed by atoms with Crippen molar-refractivity contribution in [1.29, 1.82) is 0 Å². The van der Waals surface area contributed by atoms with Crippen LogP contribution in [-0.4, -0.2) is 22.6 Å². The van der Waals surface area contributed by atoms with E-state index in [2.05, 4.69) is 6.92 Å². The lowest BCUT2D eigenvalue weighted by atomic mass is 10.0. The molecule has 1 N–H and O–H groups in total. The molecule has 3 heteroatoms. The minimum atomic E-state index is -0.827. The second kappa shape index (κ2) is 7.89. The van der Waals surface area contributed by atoms with E-state index < -0.39 is 5.97 Å². The highest BCUT2D eigenvalue weighted by Crippen LogP contribution is 2.22. The monoisotopic (exact) mass is 300 g/mol. The summed E-state index contributed by atoms with van der Waals surface area (Å²) in [5.74, 6) is 0.738. The van der Waals surface area contributed by atoms with Crippen LogP contribution < -0.4 is 0 Å². The van der Waals surface area contributed by atoms with Crippen LogP contribution in [0.25, 0.3) is 16.8 Å². The molecule has 0 heterocycles. The molecule has 0 radical (unpaired) electrons. The Morgan fingerprint density at radius 2 is 1.95 bits per heavy atom. The van der Waals surface area contributed by atoms with Gasteiger partial charge in [-0.3, -0.25) is 0 Å². The van der Waals surface area contributed by atoms with Crippen molar-refractivity contribution < 1.29 is 9.90 Å². The molecule has 2 nitrogen and oxygen atoms in total. The van der Waals surface area contributed by atoms with Crippen molar-refractivity contribution in [2.75, 3.05) is 11.5 Å². The number of benzene rings is 2. The van der Waals surface area contributed by atoms with Gasteiger partial charge in [-0.25, -0.2) is 4.79 Å². The first kappa shape index (κ1) is 15.6. The predicted molar refractivity (Wildman–Crippen MR) is 91.8 cm³/mol. The van der Waals surface area contributed by atoms with Crippen molar-refractivity contribution in [2.24, 2.45) is 0 Å². The highest BCUT2D eigenvalue weighted by molar-refractivity contribution is 7.99. The number of carbonyl (C=O) groups is 1. The number of carboxylic acid groups (broad SMARTS) is 1. The summed E-state index contributed by atoms with van der Waals surface area (Å²) in [4.78, 5) is 11.4. The predicted octanol–water partition coefficient (Wildman–Crippen LogP) is 4.84. The third-order valence-corrected chi connectivity index (χ3v) is 4.42. The van der Waals surface area contributed by atoms with Gasteiger partial charge < -0.3 is 5.11 Å². The average Bonchev–Trinajstić information content (AvgIpc) is 2.50. The first-order valence-electron chi connectivity index (χ1n) is 7.21. The average molecular weight is 300 g/mol. The summed E-state index contributed by atoms with van der Waals surface area (Å²) in [6, 6.07) is 14.0. The maximum atomic E-state index is 11.4. The van der Waals surface area contributed by atoms with Crippen molar-refractivity contribution in [3.05, 3.63) is 53.6 Å². The first-order chi connectivity index (χ1) is 10.2. The Morgan fingerprint density at radius 1 is 1.19 bits per heavy atom. The maximum Gasteiger partial charge on any atom is 0.332 e. The molecule has 0 fully saturated rings. The van der Waals surface area contributed by atoms with E-state index in [1.54, 1.807) is 11.8 Å². The number of hydrogen-bond acceptors (Lipinski definition) is 2. The second-order valence-electron chi connectivity index (χ2n) is 4.95. The van der Waals surface area contributed by atoms with E-state index in [0.717, 1.165) is 34.9 Å². The number of unbranched alkanes of at least 4 members (excludes halogenated alkanes) is 1. The van der Waals surface area contributed by atoms with Gasteiger partial charge in [-0.1, -0.05) is 55.8 Å². The summed E-state index contributed by atoms with van der Waals surface area (Å²) in [5.41, 5.74) is 1.44. The Hall–Kier alpha value is -1.74. The van der Waals surface area contributed by atoms with Crippen molar-refractivity contribution in [2.45, 2.75) is 19.8 Å². The highest BCUT2D eigenvalue weighted by Gasteiger charge is 2.08. The van der Waals surface area contributed by atoms with E-state index in [-0.39, 0.29) is 0 Å². The summed E-state index contributed by atoms with van der Waals surface area (Å²) in [7, 11) is 0. The Kier molecular flexibility index (Phi) is 5.88. The van der Waals surface area contributed by atoms with Crippen LogP contribution in [0.1, 0.15) is 25.3 Å². The molecule has 0 amide bonds. The van der Waals surface area contributed by atoms with Gasteiger partial charge in [-0.15, -0.1) is 0 Å². The lowest BCUT2D eigenvalue weighted by Crippen LogP contribution is -2.03. The SMILES string of the molecule is CCCCSC/C(=C/c1cccc2ccccc12)C(=O)O. The number of aliphatic carboxylic acids is 1. The minimum Gasteiger partial charge on any atom is -0.478 e. The molecule has 110 valence electrons. The zero-order valence-electron chi connectivity index (χ0n) is 12.2. The number of thioether (sulfide) groups is 1. The minimum absolute atomic E-state index is 0.465. The van der Waals surface area contributed by atoms with E-state index in [9.17, 15) is 9.90 Å². The standard InChI is InChI=1S/C18H20O2S/c1-2-3-11-21-13-16(18(19)20)12-15-9-6-8-14-7-4-5-10-17(14)15/h4-10,12H,2-3,11,13H2,1H3,(H,19,20)/b16-12-. The molecule has 0 atom stereocenters. The van der Waals surface area contributed by atoms with Crippen molar-refractivity contribution in [3.63, 3.8) is 0 Å². The fourth-order valence-electron chi connectivity index (χ4n) is 2.16. The molecule has 0 bridgehead atoms. The maximum absolute atomic E-state index is 11.4. The van der Waals surface area contributed by atoms with Crippen LogP contribution in [0.3, 0.4) is 0 Å². The van der Waals surface area contributed by atoms with Gasteiger partial charge in [0.1, 0.15) is 0 Å². The van der Waals surface area contributed by atoms with E-state index in [1.165, 1.54) is 0 Å². The lowest BCUT2D eigenvalue weighted by molar-refractivity contribution is -0.132. The molecular formula is C18H20O2S. The third kappa shape index (κ3) is 4.36. The quantitative estimate of drug-likeness (QED) is 0.587. The Bertz CT molecular complexity index is 641. The van der Waals surface area contributed by atoms with Crippen LogP contribution in [0.4, 0.5) is 0 Å². The van der Waals surface area contributed by atoms with Crippen LogP contribution in [0, 0.1) is 0 Å². The van der Waals surface area contributed by atoms with Crippen molar-refractivity contribution in [1.82, 2.24) is 0 Å². The number of fused-ring (bicyclic) bond motifs is 1. The van der Waals surface area contributed by atoms with Crippen LogP contribution in [0.5, 0.6) is 0 Å². The summed E-state index contributed by atoms with van der Waals surface area (Å²) in [6.45, 7) is 2.14. The first-order valence-corrected chi connectivity index (χ1v) is 8.37. The van der Waals surface area contributed by atoms with Gasteiger partial charge in [0, 0.05) is 11.3 Å². The largest absolute Gasteiger partial charge is 0.478 e. The van der Waals surface area contributed by atoms with Gasteiger partial charge in [0.2, 0.25) is 0 Å². The van der Waals surface area contributed by atoms with Crippen molar-refractivity contribution in [3.8, 4) is 0 Å². The van der Waals surface area contributed by atoms with Crippen LogP contribution in [-0.2, 0) is 4.79 Å². The zero-order valence-corrected chi connectivity index (χ0v) is 13.0. The molecule has 0 spiro atoms. The summed E-state index contributed by atoms with van der Waals surface area (Å²) < 4.78 is 0. The van der Waals surface area contributed by atoms with Crippen molar-refractivity contribution >= 4 is 34.6 Å². The molecule has 2 aromatic rings. The molecule has 0 aromatic heterocycles. The van der Waals surface area contributed by atoms with Gasteiger partial charge in [-0.2, -0.15) is 11.8 Å². The molecule has 0 aliphatic rings. The van der Waals surface area contributed by atoms with E-state index >= 15 is 0 Å². The summed E-state index contributed by atoms with van der Waals surface area (Å²) >= 11 is 1.69. The van der Waals surface area contributed by atoms with Crippen LogP contribution in [0.2, 0.25) is 0 Å². The topological polar surface area (TPSA) is 37.3 Å². The molecular weight excluding hydrogens is 280 g/mol. The van der Waals surface area contributed by atoms with Gasteiger partial charge in [-0.05, 0) is 34.6 Å². The smallest absolute Gasteiger partial charge is 0.332 e.